The summed E-state index contributed by atoms with van der Waals surface area (Å²) in [7, 11) is 0. The standard InChI is InChI=1S/C18H9F21N2O/c19-5-4(6(20)8(22)9(40)7(5)21)10(42)41-3-1-2-11(23,24)12(25,26)13(27,28)14(29,30)15(31,32)16(33,34)17(35,36)18(37,38)39/h1-3,40H2,(H,41,42). The Morgan fingerprint density at radius 3 is 1.24 bits per heavy atom. The van der Waals surface area contributed by atoms with Crippen LogP contribution in [-0.2, 0) is 0 Å². The van der Waals surface area contributed by atoms with Gasteiger partial charge in [-0.05, 0) is 6.42 Å². The number of hydrogen-bond donors (Lipinski definition) is 2. The van der Waals surface area contributed by atoms with E-state index in [-0.39, 0.29) is 0 Å². The maximum Gasteiger partial charge on any atom is 0.460 e. The molecule has 42 heavy (non-hydrogen) atoms. The molecule has 1 amide bonds. The van der Waals surface area contributed by atoms with Crippen molar-refractivity contribution in [1.82, 2.24) is 5.32 Å². The Hall–Kier alpha value is -2.98. The summed E-state index contributed by atoms with van der Waals surface area (Å²) in [5, 5.41) is 1.11. The molecule has 3 N–H and O–H groups in total. The third-order valence-electron chi connectivity index (χ3n) is 5.26. The van der Waals surface area contributed by atoms with Crippen molar-refractivity contribution >= 4 is 11.6 Å². The molecule has 24 heteroatoms. The molecule has 1 aromatic carbocycles. The number of rotatable bonds is 11. The van der Waals surface area contributed by atoms with Crippen LogP contribution in [0.5, 0.6) is 0 Å². The van der Waals surface area contributed by atoms with E-state index in [0.29, 0.717) is 0 Å². The molecule has 3 nitrogen and oxygen atoms in total. The second-order valence-electron chi connectivity index (χ2n) is 8.05. The number of alkyl halides is 17. The molecular formula is C18H9F21N2O. The summed E-state index contributed by atoms with van der Waals surface area (Å²) in [5.41, 5.74) is 0.662. The van der Waals surface area contributed by atoms with Crippen molar-refractivity contribution in [2.75, 3.05) is 12.3 Å². The number of hydrogen-bond acceptors (Lipinski definition) is 2. The number of nitrogen functional groups attached to an aromatic ring is 1. The fraction of sp³-hybridized carbons (Fsp3) is 0.611. The van der Waals surface area contributed by atoms with Crippen molar-refractivity contribution in [3.8, 4) is 0 Å². The zero-order chi connectivity index (χ0) is 33.9. The smallest absolute Gasteiger partial charge is 0.394 e. The molecule has 0 saturated heterocycles. The van der Waals surface area contributed by atoms with Crippen LogP contribution in [0.15, 0.2) is 0 Å². The molecule has 1 rings (SSSR count). The van der Waals surface area contributed by atoms with Gasteiger partial charge < -0.3 is 11.1 Å². The molecule has 0 unspecified atom stereocenters. The van der Waals surface area contributed by atoms with Crippen LogP contribution in [0.1, 0.15) is 23.2 Å². The van der Waals surface area contributed by atoms with Crippen LogP contribution in [0.4, 0.5) is 97.9 Å². The largest absolute Gasteiger partial charge is 0.460 e. The Balaban J connectivity index is 3.26. The third-order valence-corrected chi connectivity index (χ3v) is 5.26. The van der Waals surface area contributed by atoms with E-state index >= 15 is 0 Å². The SMILES string of the molecule is Nc1c(F)c(F)c(C(=O)NCCCC(F)(F)C(F)(F)C(F)(F)C(F)(F)C(F)(F)C(F)(F)C(F)(F)C(F)(F)F)c(F)c1F. The van der Waals surface area contributed by atoms with E-state index in [1.165, 1.54) is 0 Å². The van der Waals surface area contributed by atoms with Crippen LogP contribution in [0, 0.1) is 23.3 Å². The fourth-order valence-electron chi connectivity index (χ4n) is 2.80. The normalized spacial score (nSPS) is 14.8. The summed E-state index contributed by atoms with van der Waals surface area (Å²) >= 11 is 0. The summed E-state index contributed by atoms with van der Waals surface area (Å²) in [6, 6.07) is 0. The zero-order valence-electron chi connectivity index (χ0n) is 19.0. The van der Waals surface area contributed by atoms with Crippen molar-refractivity contribution < 1.29 is 97.0 Å². The minimum atomic E-state index is -8.80. The molecule has 0 spiro atoms. The van der Waals surface area contributed by atoms with E-state index < -0.39 is 107 Å². The van der Waals surface area contributed by atoms with E-state index in [9.17, 15) is 97.0 Å². The lowest BCUT2D eigenvalue weighted by Crippen LogP contribution is -2.74. The van der Waals surface area contributed by atoms with Crippen molar-refractivity contribution in [3.05, 3.63) is 28.8 Å². The van der Waals surface area contributed by atoms with Crippen molar-refractivity contribution in [1.29, 1.82) is 0 Å². The molecule has 0 aliphatic rings. The van der Waals surface area contributed by atoms with Gasteiger partial charge in [0.15, 0.2) is 23.3 Å². The van der Waals surface area contributed by atoms with Gasteiger partial charge in [-0.1, -0.05) is 0 Å². The van der Waals surface area contributed by atoms with Crippen LogP contribution < -0.4 is 11.1 Å². The molecule has 0 fully saturated rings. The van der Waals surface area contributed by atoms with E-state index in [2.05, 4.69) is 5.73 Å². The van der Waals surface area contributed by atoms with E-state index in [1.54, 1.807) is 0 Å². The number of benzene rings is 1. The molecule has 1 aromatic rings. The lowest BCUT2D eigenvalue weighted by atomic mass is 9.88. The number of nitrogens with one attached hydrogen (secondary N) is 1. The first-order valence-electron chi connectivity index (χ1n) is 9.92. The Morgan fingerprint density at radius 2 is 0.881 bits per heavy atom. The summed E-state index contributed by atoms with van der Waals surface area (Å²) in [4.78, 5) is 11.7. The van der Waals surface area contributed by atoms with E-state index in [1.807, 2.05) is 0 Å². The maximum atomic E-state index is 13.8. The topological polar surface area (TPSA) is 55.1 Å². The third kappa shape index (κ3) is 5.21. The fourth-order valence-corrected chi connectivity index (χ4v) is 2.80. The molecule has 0 saturated carbocycles. The van der Waals surface area contributed by atoms with Crippen LogP contribution in [-0.4, -0.2) is 60.1 Å². The summed E-state index contributed by atoms with van der Waals surface area (Å²) in [6.07, 6.45) is -12.8. The lowest BCUT2D eigenvalue weighted by molar-refractivity contribution is -0.461. The molecule has 244 valence electrons. The van der Waals surface area contributed by atoms with E-state index in [4.69, 9.17) is 0 Å². The van der Waals surface area contributed by atoms with Crippen molar-refractivity contribution in [2.45, 2.75) is 60.5 Å². The first-order valence-corrected chi connectivity index (χ1v) is 9.92. The van der Waals surface area contributed by atoms with Crippen molar-refractivity contribution in [2.24, 2.45) is 0 Å². The zero-order valence-corrected chi connectivity index (χ0v) is 19.0. The van der Waals surface area contributed by atoms with Crippen molar-refractivity contribution in [3.63, 3.8) is 0 Å². The van der Waals surface area contributed by atoms with Gasteiger partial charge in [-0.2, -0.15) is 74.6 Å². The monoisotopic (exact) mass is 668 g/mol. The highest BCUT2D eigenvalue weighted by Crippen LogP contribution is 2.64. The second kappa shape index (κ2) is 10.6. The number of nitrogens with two attached hydrogens (primary N) is 1. The summed E-state index contributed by atoms with van der Waals surface area (Å²) < 4.78 is 278. The Labute approximate surface area is 216 Å². The summed E-state index contributed by atoms with van der Waals surface area (Å²) in [6.45, 7) is -1.65. The highest BCUT2D eigenvalue weighted by molar-refractivity contribution is 5.95. The Kier molecular flexibility index (Phi) is 9.37. The highest BCUT2D eigenvalue weighted by atomic mass is 19.4. The molecule has 0 bridgehead atoms. The minimum Gasteiger partial charge on any atom is -0.394 e. The predicted octanol–water partition coefficient (Wildman–Crippen LogP) is 7.34. The van der Waals surface area contributed by atoms with E-state index in [0.717, 1.165) is 5.32 Å². The van der Waals surface area contributed by atoms with Gasteiger partial charge >= 0.3 is 47.6 Å². The second-order valence-corrected chi connectivity index (χ2v) is 8.05. The first kappa shape index (κ1) is 37.0. The molecular weight excluding hydrogens is 659 g/mol. The Morgan fingerprint density at radius 1 is 0.548 bits per heavy atom. The Bertz CT molecular complexity index is 1160. The number of carbonyl (C=O) groups is 1. The van der Waals surface area contributed by atoms with Gasteiger partial charge in [0.2, 0.25) is 0 Å². The van der Waals surface area contributed by atoms with Gasteiger partial charge in [0.05, 0.1) is 0 Å². The minimum absolute atomic E-state index is 1.11. The van der Waals surface area contributed by atoms with Crippen LogP contribution >= 0.6 is 0 Å². The average Bonchev–Trinajstić information content (AvgIpc) is 2.82. The molecule has 0 aliphatic carbocycles. The number of carbonyl (C=O) groups excluding carboxylic acids is 1. The quantitative estimate of drug-likeness (QED) is 0.112. The predicted molar refractivity (Wildman–Crippen MR) is 92.9 cm³/mol. The highest BCUT2D eigenvalue weighted by Gasteiger charge is 2.95. The molecule has 0 heterocycles. The molecule has 0 atom stereocenters. The molecule has 0 aliphatic heterocycles. The van der Waals surface area contributed by atoms with Crippen LogP contribution in [0.25, 0.3) is 0 Å². The van der Waals surface area contributed by atoms with Gasteiger partial charge in [0.25, 0.3) is 5.91 Å². The molecule has 0 aromatic heterocycles. The summed E-state index contributed by atoms with van der Waals surface area (Å²) in [5.74, 6) is -69.8. The van der Waals surface area contributed by atoms with Gasteiger partial charge in [-0.15, -0.1) is 0 Å². The van der Waals surface area contributed by atoms with Gasteiger partial charge in [-0.25, -0.2) is 17.6 Å². The van der Waals surface area contributed by atoms with Gasteiger partial charge in [0, 0.05) is 13.0 Å². The molecule has 0 radical (unpaired) electrons. The number of amides is 1. The first-order chi connectivity index (χ1) is 18.3. The number of anilines is 1. The van der Waals surface area contributed by atoms with Crippen LogP contribution in [0.2, 0.25) is 0 Å². The van der Waals surface area contributed by atoms with Gasteiger partial charge in [-0.3, -0.25) is 4.79 Å². The lowest BCUT2D eigenvalue weighted by Gasteiger charge is -2.42. The van der Waals surface area contributed by atoms with Gasteiger partial charge in [0.1, 0.15) is 11.3 Å². The number of halogens is 21. The van der Waals surface area contributed by atoms with Crippen LogP contribution in [0.3, 0.4) is 0 Å². The average molecular weight is 668 g/mol. The maximum absolute atomic E-state index is 13.8.